The molecule has 0 saturated heterocycles. The standard InChI is InChI=1S/C6H12NOP/c1-4-8-9(2,3)6-5-7/h2,4,6H2,1,3H3. The van der Waals surface area contributed by atoms with Gasteiger partial charge < -0.3 is 4.52 Å². The van der Waals surface area contributed by atoms with Gasteiger partial charge in [0.05, 0.1) is 12.2 Å². The summed E-state index contributed by atoms with van der Waals surface area (Å²) in [6.45, 7) is 4.50. The predicted molar refractivity (Wildman–Crippen MR) is 42.1 cm³/mol. The van der Waals surface area contributed by atoms with E-state index in [9.17, 15) is 0 Å². The molecule has 0 spiro atoms. The highest BCUT2D eigenvalue weighted by Crippen LogP contribution is 2.40. The van der Waals surface area contributed by atoms with Crippen molar-refractivity contribution in [2.24, 2.45) is 0 Å². The molecule has 0 amide bonds. The maximum atomic E-state index is 8.29. The molecule has 0 bridgehead atoms. The van der Waals surface area contributed by atoms with E-state index in [-0.39, 0.29) is 0 Å². The lowest BCUT2D eigenvalue weighted by atomic mass is 10.9. The molecule has 9 heavy (non-hydrogen) atoms. The summed E-state index contributed by atoms with van der Waals surface area (Å²) in [5.41, 5.74) is 0. The highest BCUT2D eigenvalue weighted by molar-refractivity contribution is 7.68. The van der Waals surface area contributed by atoms with Gasteiger partial charge in [0.1, 0.15) is 0 Å². The van der Waals surface area contributed by atoms with Gasteiger partial charge in [-0.05, 0) is 13.6 Å². The summed E-state index contributed by atoms with van der Waals surface area (Å²) in [6.07, 6.45) is 4.28. The van der Waals surface area contributed by atoms with Crippen molar-refractivity contribution in [1.29, 1.82) is 5.26 Å². The smallest absolute Gasteiger partial charge is 0.0768 e. The van der Waals surface area contributed by atoms with Crippen molar-refractivity contribution in [3.8, 4) is 6.07 Å². The van der Waals surface area contributed by atoms with Crippen molar-refractivity contribution < 1.29 is 4.52 Å². The van der Waals surface area contributed by atoms with Crippen LogP contribution in [0.2, 0.25) is 0 Å². The number of rotatable bonds is 3. The van der Waals surface area contributed by atoms with Crippen LogP contribution in [0, 0.1) is 11.3 Å². The lowest BCUT2D eigenvalue weighted by Gasteiger charge is -2.13. The van der Waals surface area contributed by atoms with E-state index >= 15 is 0 Å². The van der Waals surface area contributed by atoms with Crippen molar-refractivity contribution in [3.63, 3.8) is 0 Å². The molecule has 1 unspecified atom stereocenters. The molecule has 0 saturated carbocycles. The van der Waals surface area contributed by atoms with Crippen LogP contribution in [0.3, 0.4) is 0 Å². The summed E-state index contributed by atoms with van der Waals surface area (Å²) >= 11 is 0. The Kier molecular flexibility index (Phi) is 3.61. The van der Waals surface area contributed by atoms with E-state index in [2.05, 4.69) is 12.4 Å². The fraction of sp³-hybridized carbons (Fsp3) is 0.667. The number of nitriles is 1. The van der Waals surface area contributed by atoms with Gasteiger partial charge in [0.25, 0.3) is 0 Å². The first-order valence-corrected chi connectivity index (χ1v) is 5.36. The van der Waals surface area contributed by atoms with Crippen LogP contribution in [0.15, 0.2) is 0 Å². The quantitative estimate of drug-likeness (QED) is 0.564. The lowest BCUT2D eigenvalue weighted by molar-refractivity contribution is 0.379. The number of hydrogen-bond acceptors (Lipinski definition) is 2. The molecular weight excluding hydrogens is 133 g/mol. The molecule has 2 nitrogen and oxygen atoms in total. The summed E-state index contributed by atoms with van der Waals surface area (Å²) in [5, 5.41) is 8.29. The van der Waals surface area contributed by atoms with Gasteiger partial charge in [-0.2, -0.15) is 5.26 Å². The Balaban J connectivity index is 3.75. The largest absolute Gasteiger partial charge is 0.362 e. The molecule has 1 atom stereocenters. The monoisotopic (exact) mass is 145 g/mol. The van der Waals surface area contributed by atoms with Crippen LogP contribution in [0.5, 0.6) is 0 Å². The van der Waals surface area contributed by atoms with E-state index < -0.39 is 7.11 Å². The third-order valence-electron chi connectivity index (χ3n) is 0.846. The van der Waals surface area contributed by atoms with E-state index in [1.165, 1.54) is 0 Å². The maximum absolute atomic E-state index is 8.29. The van der Waals surface area contributed by atoms with Crippen LogP contribution >= 0.6 is 7.11 Å². The zero-order valence-electron chi connectivity index (χ0n) is 5.92. The third kappa shape index (κ3) is 4.27. The minimum atomic E-state index is -1.55. The normalized spacial score (nSPS) is 16.1. The van der Waals surface area contributed by atoms with Crippen molar-refractivity contribution in [3.05, 3.63) is 0 Å². The summed E-state index contributed by atoms with van der Waals surface area (Å²) in [6, 6.07) is 2.05. The highest BCUT2D eigenvalue weighted by Gasteiger charge is 2.03. The average molecular weight is 145 g/mol. The first kappa shape index (κ1) is 8.75. The van der Waals surface area contributed by atoms with Gasteiger partial charge >= 0.3 is 0 Å². The van der Waals surface area contributed by atoms with Gasteiger partial charge in [0.15, 0.2) is 0 Å². The number of hydrogen-bond donors (Lipinski definition) is 0. The molecule has 0 rings (SSSR count). The van der Waals surface area contributed by atoms with Crippen molar-refractivity contribution in [1.82, 2.24) is 0 Å². The Hall–Kier alpha value is -0.250. The Morgan fingerprint density at radius 1 is 1.78 bits per heavy atom. The zero-order chi connectivity index (χ0) is 7.33. The predicted octanol–water partition coefficient (Wildman–Crippen LogP) is 1.54. The fourth-order valence-corrected chi connectivity index (χ4v) is 1.52. The van der Waals surface area contributed by atoms with Crippen molar-refractivity contribution in [2.75, 3.05) is 19.4 Å². The van der Waals surface area contributed by atoms with Gasteiger partial charge in [0, 0.05) is 13.7 Å². The molecular formula is C6H12NOP. The second-order valence-electron chi connectivity index (χ2n) is 2.03. The summed E-state index contributed by atoms with van der Waals surface area (Å²) in [5.74, 6) is 0. The molecule has 0 heterocycles. The van der Waals surface area contributed by atoms with E-state index in [4.69, 9.17) is 9.79 Å². The molecule has 0 aromatic carbocycles. The molecule has 3 heteroatoms. The topological polar surface area (TPSA) is 33.0 Å². The van der Waals surface area contributed by atoms with Gasteiger partial charge in [-0.1, -0.05) is 6.30 Å². The van der Waals surface area contributed by atoms with Gasteiger partial charge in [-0.25, -0.2) is 0 Å². The van der Waals surface area contributed by atoms with Crippen LogP contribution in [0.25, 0.3) is 0 Å². The summed E-state index contributed by atoms with van der Waals surface area (Å²) in [7, 11) is -1.55. The van der Waals surface area contributed by atoms with Crippen LogP contribution in [0.1, 0.15) is 6.92 Å². The minimum absolute atomic E-state index is 0.459. The van der Waals surface area contributed by atoms with E-state index in [0.29, 0.717) is 12.8 Å². The first-order valence-electron chi connectivity index (χ1n) is 2.84. The molecule has 0 N–H and O–H groups in total. The summed E-state index contributed by atoms with van der Waals surface area (Å²) < 4.78 is 5.25. The SMILES string of the molecule is C=P(C)(CC#N)OCC. The first-order chi connectivity index (χ1) is 4.12. The average Bonchev–Trinajstić information content (AvgIpc) is 1.64. The Labute approximate surface area is 56.5 Å². The molecule has 0 aliphatic rings. The minimum Gasteiger partial charge on any atom is -0.362 e. The Morgan fingerprint density at radius 2 is 2.33 bits per heavy atom. The van der Waals surface area contributed by atoms with Crippen molar-refractivity contribution >= 4 is 13.4 Å². The zero-order valence-corrected chi connectivity index (χ0v) is 6.82. The lowest BCUT2D eigenvalue weighted by Crippen LogP contribution is -1.90. The Morgan fingerprint density at radius 3 is 2.67 bits per heavy atom. The molecule has 0 aliphatic carbocycles. The van der Waals surface area contributed by atoms with E-state index in [1.54, 1.807) is 0 Å². The van der Waals surface area contributed by atoms with Gasteiger partial charge in [-0.3, -0.25) is 0 Å². The Bertz CT molecular complexity index is 159. The summed E-state index contributed by atoms with van der Waals surface area (Å²) in [4.78, 5) is 0. The second-order valence-corrected chi connectivity index (χ2v) is 5.20. The fourth-order valence-electron chi connectivity index (χ4n) is 0.507. The maximum Gasteiger partial charge on any atom is 0.0768 e. The molecule has 0 aromatic rings. The molecule has 0 aliphatic heterocycles. The van der Waals surface area contributed by atoms with Gasteiger partial charge in [0.2, 0.25) is 0 Å². The van der Waals surface area contributed by atoms with E-state index in [1.807, 2.05) is 13.6 Å². The van der Waals surface area contributed by atoms with Crippen LogP contribution in [0.4, 0.5) is 0 Å². The highest BCUT2D eigenvalue weighted by atomic mass is 31.2. The van der Waals surface area contributed by atoms with Crippen LogP contribution in [-0.2, 0) is 4.52 Å². The molecule has 52 valence electrons. The second kappa shape index (κ2) is 3.71. The molecule has 0 fully saturated rings. The molecule has 0 aromatic heterocycles. The van der Waals surface area contributed by atoms with Crippen molar-refractivity contribution in [2.45, 2.75) is 6.92 Å². The van der Waals surface area contributed by atoms with E-state index in [0.717, 1.165) is 0 Å². The molecule has 0 radical (unpaired) electrons. The number of nitrogens with zero attached hydrogens (tertiary/aromatic N) is 1. The van der Waals surface area contributed by atoms with Crippen LogP contribution in [-0.4, -0.2) is 25.7 Å². The van der Waals surface area contributed by atoms with Gasteiger partial charge in [-0.15, -0.1) is 0 Å². The third-order valence-corrected chi connectivity index (χ3v) is 2.54. The van der Waals surface area contributed by atoms with Crippen LogP contribution < -0.4 is 0 Å².